The Hall–Kier alpha value is -1.39. The van der Waals surface area contributed by atoms with Crippen molar-refractivity contribution in [1.29, 1.82) is 0 Å². The lowest BCUT2D eigenvalue weighted by Gasteiger charge is -2.28. The van der Waals surface area contributed by atoms with Crippen LogP contribution in [-0.2, 0) is 19.8 Å². The van der Waals surface area contributed by atoms with Gasteiger partial charge in [-0.05, 0) is 24.3 Å². The summed E-state index contributed by atoms with van der Waals surface area (Å²) in [6, 6.07) is 9.29. The maximum Gasteiger partial charge on any atom is 0.332 e. The van der Waals surface area contributed by atoms with Gasteiger partial charge in [0.15, 0.2) is 5.54 Å². The second-order valence-corrected chi connectivity index (χ2v) is 5.85. The highest BCUT2D eigenvalue weighted by Crippen LogP contribution is 2.25. The van der Waals surface area contributed by atoms with Crippen molar-refractivity contribution in [2.45, 2.75) is 37.6 Å². The predicted molar refractivity (Wildman–Crippen MR) is 81.7 cm³/mol. The Morgan fingerprint density at radius 1 is 1.24 bits per heavy atom. The number of rotatable bonds is 6. The van der Waals surface area contributed by atoms with Crippen LogP contribution in [0.25, 0.3) is 0 Å². The minimum Gasteiger partial charge on any atom is -0.467 e. The number of nitrogens with two attached hydrogens (primary N) is 1. The molecular weight excluding hydrogens is 266 g/mol. The molecule has 4 nitrogen and oxygen atoms in total. The topological polar surface area (TPSA) is 61.5 Å². The molecule has 116 valence electrons. The van der Waals surface area contributed by atoms with Crippen molar-refractivity contribution in [2.24, 2.45) is 11.7 Å². The van der Waals surface area contributed by atoms with Gasteiger partial charge in [-0.1, -0.05) is 49.6 Å². The van der Waals surface area contributed by atoms with Gasteiger partial charge in [0.2, 0.25) is 0 Å². The van der Waals surface area contributed by atoms with Gasteiger partial charge in [0.25, 0.3) is 0 Å². The minimum atomic E-state index is -1.23. The Balaban J connectivity index is 1.98. The van der Waals surface area contributed by atoms with Crippen molar-refractivity contribution in [3.63, 3.8) is 0 Å². The van der Waals surface area contributed by atoms with E-state index in [0.29, 0.717) is 12.5 Å². The van der Waals surface area contributed by atoms with Gasteiger partial charge < -0.3 is 15.2 Å². The second-order valence-electron chi connectivity index (χ2n) is 5.85. The minimum absolute atomic E-state index is 0.153. The van der Waals surface area contributed by atoms with E-state index in [9.17, 15) is 4.79 Å². The SMILES string of the molecule is COC(=O)C(N)(COCC1CCCCC1)c1ccccc1. The highest BCUT2D eigenvalue weighted by atomic mass is 16.5. The highest BCUT2D eigenvalue weighted by molar-refractivity contribution is 5.82. The maximum atomic E-state index is 12.1. The summed E-state index contributed by atoms with van der Waals surface area (Å²) in [6.07, 6.45) is 6.29. The van der Waals surface area contributed by atoms with Crippen molar-refractivity contribution in [3.8, 4) is 0 Å². The molecule has 0 amide bonds. The van der Waals surface area contributed by atoms with Gasteiger partial charge in [-0.2, -0.15) is 0 Å². The Morgan fingerprint density at radius 2 is 1.90 bits per heavy atom. The number of hydrogen-bond acceptors (Lipinski definition) is 4. The Morgan fingerprint density at radius 3 is 2.52 bits per heavy atom. The standard InChI is InChI=1S/C17H25NO3/c1-20-16(19)17(18,15-10-6-3-7-11-15)13-21-12-14-8-4-2-5-9-14/h3,6-7,10-11,14H,2,4-5,8-9,12-13,18H2,1H3. The molecule has 0 saturated heterocycles. The smallest absolute Gasteiger partial charge is 0.332 e. The lowest BCUT2D eigenvalue weighted by molar-refractivity contribution is -0.150. The lowest BCUT2D eigenvalue weighted by Crippen LogP contribution is -2.50. The molecule has 1 aromatic carbocycles. The third-order valence-corrected chi connectivity index (χ3v) is 4.25. The largest absolute Gasteiger partial charge is 0.467 e. The molecule has 1 atom stereocenters. The Labute approximate surface area is 126 Å². The van der Waals surface area contributed by atoms with E-state index in [1.54, 1.807) is 0 Å². The average molecular weight is 291 g/mol. The first-order valence-corrected chi connectivity index (χ1v) is 7.67. The van der Waals surface area contributed by atoms with E-state index in [1.165, 1.54) is 39.2 Å². The van der Waals surface area contributed by atoms with Crippen molar-refractivity contribution >= 4 is 5.97 Å². The summed E-state index contributed by atoms with van der Waals surface area (Å²) in [5.74, 6) is 0.133. The number of ether oxygens (including phenoxy) is 2. The number of carbonyl (C=O) groups excluding carboxylic acids is 1. The normalized spacial score (nSPS) is 19.0. The van der Waals surface area contributed by atoms with Crippen LogP contribution in [0.4, 0.5) is 0 Å². The first kappa shape index (κ1) is 16.0. The Kier molecular flexibility index (Phi) is 5.76. The van der Waals surface area contributed by atoms with Crippen molar-refractivity contribution in [3.05, 3.63) is 35.9 Å². The van der Waals surface area contributed by atoms with Gasteiger partial charge in [0.05, 0.1) is 13.7 Å². The molecule has 0 heterocycles. The molecule has 21 heavy (non-hydrogen) atoms. The number of benzene rings is 1. The molecule has 1 fully saturated rings. The van der Waals surface area contributed by atoms with Crippen LogP contribution in [0.1, 0.15) is 37.7 Å². The summed E-state index contributed by atoms with van der Waals surface area (Å²) in [5.41, 5.74) is 5.78. The van der Waals surface area contributed by atoms with E-state index >= 15 is 0 Å². The van der Waals surface area contributed by atoms with E-state index in [4.69, 9.17) is 15.2 Å². The summed E-state index contributed by atoms with van der Waals surface area (Å²) >= 11 is 0. The quantitative estimate of drug-likeness (QED) is 0.818. The molecule has 1 saturated carbocycles. The zero-order chi connectivity index (χ0) is 15.1. The van der Waals surface area contributed by atoms with Crippen LogP contribution >= 0.6 is 0 Å². The van der Waals surface area contributed by atoms with E-state index in [0.717, 1.165) is 5.56 Å². The van der Waals surface area contributed by atoms with E-state index in [1.807, 2.05) is 30.3 Å². The van der Waals surface area contributed by atoms with Gasteiger partial charge in [-0.3, -0.25) is 0 Å². The third kappa shape index (κ3) is 4.05. The summed E-state index contributed by atoms with van der Waals surface area (Å²) in [5, 5.41) is 0. The van der Waals surface area contributed by atoms with Crippen LogP contribution in [0.15, 0.2) is 30.3 Å². The van der Waals surface area contributed by atoms with Crippen LogP contribution in [-0.4, -0.2) is 26.3 Å². The molecule has 2 rings (SSSR count). The molecule has 0 spiro atoms. The Bertz CT molecular complexity index is 443. The molecule has 1 aliphatic rings. The fraction of sp³-hybridized carbons (Fsp3) is 0.588. The van der Waals surface area contributed by atoms with Gasteiger partial charge in [-0.25, -0.2) is 4.79 Å². The van der Waals surface area contributed by atoms with Crippen molar-refractivity contribution in [2.75, 3.05) is 20.3 Å². The fourth-order valence-electron chi connectivity index (χ4n) is 2.92. The first-order chi connectivity index (χ1) is 10.2. The highest BCUT2D eigenvalue weighted by Gasteiger charge is 2.37. The molecule has 0 radical (unpaired) electrons. The summed E-state index contributed by atoms with van der Waals surface area (Å²) in [7, 11) is 1.36. The third-order valence-electron chi connectivity index (χ3n) is 4.25. The summed E-state index contributed by atoms with van der Waals surface area (Å²) < 4.78 is 10.7. The van der Waals surface area contributed by atoms with Gasteiger partial charge in [0.1, 0.15) is 0 Å². The van der Waals surface area contributed by atoms with Crippen LogP contribution in [0.3, 0.4) is 0 Å². The number of methoxy groups -OCH3 is 1. The van der Waals surface area contributed by atoms with E-state index in [2.05, 4.69) is 0 Å². The van der Waals surface area contributed by atoms with Crippen molar-refractivity contribution < 1.29 is 14.3 Å². The van der Waals surface area contributed by atoms with Crippen LogP contribution in [0.2, 0.25) is 0 Å². The van der Waals surface area contributed by atoms with Crippen LogP contribution in [0, 0.1) is 5.92 Å². The predicted octanol–water partition coefficient (Wildman–Crippen LogP) is 2.61. The lowest BCUT2D eigenvalue weighted by atomic mass is 9.89. The number of hydrogen-bond donors (Lipinski definition) is 1. The van der Waals surface area contributed by atoms with Gasteiger partial charge >= 0.3 is 5.97 Å². The molecule has 0 aliphatic heterocycles. The molecular formula is C17H25NO3. The monoisotopic (exact) mass is 291 g/mol. The summed E-state index contributed by atoms with van der Waals surface area (Å²) in [4.78, 5) is 12.1. The molecule has 0 bridgehead atoms. The molecule has 0 aromatic heterocycles. The number of carbonyl (C=O) groups is 1. The second kappa shape index (κ2) is 7.57. The van der Waals surface area contributed by atoms with Gasteiger partial charge in [0, 0.05) is 6.61 Å². The van der Waals surface area contributed by atoms with Crippen LogP contribution < -0.4 is 5.73 Å². The first-order valence-electron chi connectivity index (χ1n) is 7.67. The summed E-state index contributed by atoms with van der Waals surface area (Å²) in [6.45, 7) is 0.822. The number of esters is 1. The fourth-order valence-corrected chi connectivity index (χ4v) is 2.92. The molecule has 1 aromatic rings. The van der Waals surface area contributed by atoms with E-state index in [-0.39, 0.29) is 6.61 Å². The molecule has 4 heteroatoms. The zero-order valence-electron chi connectivity index (χ0n) is 12.7. The molecule has 2 N–H and O–H groups in total. The zero-order valence-corrected chi connectivity index (χ0v) is 12.7. The van der Waals surface area contributed by atoms with Crippen molar-refractivity contribution in [1.82, 2.24) is 0 Å². The average Bonchev–Trinajstić information content (AvgIpc) is 2.55. The van der Waals surface area contributed by atoms with Gasteiger partial charge in [-0.15, -0.1) is 0 Å². The van der Waals surface area contributed by atoms with Crippen LogP contribution in [0.5, 0.6) is 0 Å². The molecule has 1 unspecified atom stereocenters. The maximum absolute atomic E-state index is 12.1. The molecule has 1 aliphatic carbocycles. The van der Waals surface area contributed by atoms with E-state index < -0.39 is 11.5 Å².